The Morgan fingerprint density at radius 1 is 1.42 bits per heavy atom. The number of aromatic nitrogens is 2. The molecule has 0 aliphatic rings. The molecule has 1 aromatic carbocycles. The molecule has 0 saturated carbocycles. The van der Waals surface area contributed by atoms with Crippen LogP contribution < -0.4 is 5.32 Å². The van der Waals surface area contributed by atoms with Gasteiger partial charge in [-0.1, -0.05) is 0 Å². The Labute approximate surface area is 109 Å². The molecule has 1 amide bonds. The SMILES string of the molecule is Cn1cc(CCC(=O)Nc2cc(F)ccc2F)cn1. The van der Waals surface area contributed by atoms with Crippen LogP contribution in [-0.2, 0) is 18.3 Å². The van der Waals surface area contributed by atoms with Crippen molar-refractivity contribution in [2.75, 3.05) is 5.32 Å². The third kappa shape index (κ3) is 3.61. The predicted molar refractivity (Wildman–Crippen MR) is 66.5 cm³/mol. The van der Waals surface area contributed by atoms with Gasteiger partial charge in [0.2, 0.25) is 5.91 Å². The van der Waals surface area contributed by atoms with E-state index in [1.807, 2.05) is 0 Å². The van der Waals surface area contributed by atoms with Crippen LogP contribution in [0.4, 0.5) is 14.5 Å². The summed E-state index contributed by atoms with van der Waals surface area (Å²) >= 11 is 0. The molecule has 4 nitrogen and oxygen atoms in total. The number of carbonyl (C=O) groups excluding carboxylic acids is 1. The second-order valence-electron chi connectivity index (χ2n) is 4.19. The van der Waals surface area contributed by atoms with Crippen LogP contribution in [0.1, 0.15) is 12.0 Å². The third-order valence-electron chi connectivity index (χ3n) is 2.60. The number of amides is 1. The fourth-order valence-electron chi connectivity index (χ4n) is 1.66. The molecule has 0 radical (unpaired) electrons. The zero-order valence-electron chi connectivity index (χ0n) is 10.4. The summed E-state index contributed by atoms with van der Waals surface area (Å²) in [4.78, 5) is 11.6. The monoisotopic (exact) mass is 265 g/mol. The first-order valence-electron chi connectivity index (χ1n) is 5.77. The summed E-state index contributed by atoms with van der Waals surface area (Å²) in [5.74, 6) is -1.62. The molecular formula is C13H13F2N3O. The molecule has 0 fully saturated rings. The Bertz CT molecular complexity index is 595. The highest BCUT2D eigenvalue weighted by molar-refractivity contribution is 5.90. The van der Waals surface area contributed by atoms with Crippen LogP contribution in [0.2, 0.25) is 0 Å². The van der Waals surface area contributed by atoms with E-state index in [1.165, 1.54) is 0 Å². The normalized spacial score (nSPS) is 10.5. The summed E-state index contributed by atoms with van der Waals surface area (Å²) < 4.78 is 27.9. The van der Waals surface area contributed by atoms with E-state index in [0.717, 1.165) is 23.8 Å². The number of hydrogen-bond donors (Lipinski definition) is 1. The van der Waals surface area contributed by atoms with Crippen molar-refractivity contribution in [3.63, 3.8) is 0 Å². The van der Waals surface area contributed by atoms with E-state index in [4.69, 9.17) is 0 Å². The van der Waals surface area contributed by atoms with E-state index in [2.05, 4.69) is 10.4 Å². The van der Waals surface area contributed by atoms with E-state index in [9.17, 15) is 13.6 Å². The van der Waals surface area contributed by atoms with Crippen LogP contribution in [0.5, 0.6) is 0 Å². The van der Waals surface area contributed by atoms with Crippen LogP contribution in [0, 0.1) is 11.6 Å². The molecule has 1 heterocycles. The largest absolute Gasteiger partial charge is 0.324 e. The average Bonchev–Trinajstić information content (AvgIpc) is 2.77. The van der Waals surface area contributed by atoms with Gasteiger partial charge in [0, 0.05) is 25.7 Å². The molecule has 0 atom stereocenters. The number of nitrogens with zero attached hydrogens (tertiary/aromatic N) is 2. The summed E-state index contributed by atoms with van der Waals surface area (Å²) in [5, 5.41) is 6.33. The lowest BCUT2D eigenvalue weighted by Crippen LogP contribution is -2.13. The van der Waals surface area contributed by atoms with Crippen molar-refractivity contribution in [1.82, 2.24) is 9.78 Å². The first-order chi connectivity index (χ1) is 9.04. The highest BCUT2D eigenvalue weighted by Crippen LogP contribution is 2.15. The van der Waals surface area contributed by atoms with Gasteiger partial charge in [-0.2, -0.15) is 5.10 Å². The maximum atomic E-state index is 13.3. The molecule has 1 aromatic heterocycles. The first kappa shape index (κ1) is 13.2. The molecular weight excluding hydrogens is 252 g/mol. The summed E-state index contributed by atoms with van der Waals surface area (Å²) in [7, 11) is 1.78. The summed E-state index contributed by atoms with van der Waals surface area (Å²) in [5.41, 5.74) is 0.772. The maximum Gasteiger partial charge on any atom is 0.224 e. The predicted octanol–water partition coefficient (Wildman–Crippen LogP) is 2.27. The van der Waals surface area contributed by atoms with Gasteiger partial charge in [-0.25, -0.2) is 8.78 Å². The van der Waals surface area contributed by atoms with E-state index in [0.29, 0.717) is 6.42 Å². The van der Waals surface area contributed by atoms with Gasteiger partial charge in [0.05, 0.1) is 11.9 Å². The van der Waals surface area contributed by atoms with Gasteiger partial charge in [0.15, 0.2) is 0 Å². The smallest absolute Gasteiger partial charge is 0.224 e. The molecule has 0 aliphatic carbocycles. The van der Waals surface area contributed by atoms with Crippen molar-refractivity contribution in [3.8, 4) is 0 Å². The minimum atomic E-state index is -0.656. The molecule has 0 unspecified atom stereocenters. The van der Waals surface area contributed by atoms with Gasteiger partial charge < -0.3 is 5.32 Å². The van der Waals surface area contributed by atoms with Crippen molar-refractivity contribution in [2.45, 2.75) is 12.8 Å². The number of carbonyl (C=O) groups is 1. The minimum Gasteiger partial charge on any atom is -0.324 e. The maximum absolute atomic E-state index is 13.3. The molecule has 0 spiro atoms. The fourth-order valence-corrected chi connectivity index (χ4v) is 1.66. The Hall–Kier alpha value is -2.24. The Morgan fingerprint density at radius 3 is 2.89 bits per heavy atom. The fraction of sp³-hybridized carbons (Fsp3) is 0.231. The van der Waals surface area contributed by atoms with Crippen molar-refractivity contribution >= 4 is 11.6 Å². The molecule has 19 heavy (non-hydrogen) atoms. The molecule has 0 bridgehead atoms. The number of hydrogen-bond acceptors (Lipinski definition) is 2. The van der Waals surface area contributed by atoms with Gasteiger partial charge in [-0.3, -0.25) is 9.48 Å². The van der Waals surface area contributed by atoms with E-state index in [1.54, 1.807) is 24.1 Å². The van der Waals surface area contributed by atoms with Crippen molar-refractivity contribution in [1.29, 1.82) is 0 Å². The number of anilines is 1. The molecule has 0 aliphatic heterocycles. The summed E-state index contributed by atoms with van der Waals surface area (Å²) in [6, 6.07) is 2.93. The Morgan fingerprint density at radius 2 is 2.21 bits per heavy atom. The third-order valence-corrected chi connectivity index (χ3v) is 2.60. The van der Waals surface area contributed by atoms with Gasteiger partial charge >= 0.3 is 0 Å². The van der Waals surface area contributed by atoms with Gasteiger partial charge in [-0.15, -0.1) is 0 Å². The Kier molecular flexibility index (Phi) is 3.89. The number of aryl methyl sites for hydroxylation is 2. The lowest BCUT2D eigenvalue weighted by Gasteiger charge is -2.05. The molecule has 100 valence electrons. The van der Waals surface area contributed by atoms with E-state index in [-0.39, 0.29) is 18.0 Å². The second-order valence-corrected chi connectivity index (χ2v) is 4.19. The lowest BCUT2D eigenvalue weighted by atomic mass is 10.2. The van der Waals surface area contributed by atoms with Gasteiger partial charge in [0.1, 0.15) is 11.6 Å². The van der Waals surface area contributed by atoms with Gasteiger partial charge in [-0.05, 0) is 24.1 Å². The minimum absolute atomic E-state index is 0.142. The molecule has 6 heteroatoms. The van der Waals surface area contributed by atoms with Crippen LogP contribution in [0.3, 0.4) is 0 Å². The number of halogens is 2. The molecule has 2 rings (SSSR count). The molecule has 0 saturated heterocycles. The molecule has 2 aromatic rings. The first-order valence-corrected chi connectivity index (χ1v) is 5.77. The van der Waals surface area contributed by atoms with Crippen LogP contribution in [0.15, 0.2) is 30.6 Å². The zero-order chi connectivity index (χ0) is 13.8. The topological polar surface area (TPSA) is 46.9 Å². The van der Waals surface area contributed by atoms with Crippen LogP contribution >= 0.6 is 0 Å². The quantitative estimate of drug-likeness (QED) is 0.921. The average molecular weight is 265 g/mol. The number of rotatable bonds is 4. The zero-order valence-corrected chi connectivity index (χ0v) is 10.4. The second kappa shape index (κ2) is 5.60. The Balaban J connectivity index is 1.92. The standard InChI is InChI=1S/C13H13F2N3O/c1-18-8-9(7-16-18)2-5-13(19)17-12-6-10(14)3-4-11(12)15/h3-4,6-8H,2,5H2,1H3,(H,17,19). The van der Waals surface area contributed by atoms with Crippen molar-refractivity contribution in [2.24, 2.45) is 7.05 Å². The highest BCUT2D eigenvalue weighted by atomic mass is 19.1. The van der Waals surface area contributed by atoms with Crippen LogP contribution in [-0.4, -0.2) is 15.7 Å². The van der Waals surface area contributed by atoms with Crippen LogP contribution in [0.25, 0.3) is 0 Å². The van der Waals surface area contributed by atoms with E-state index >= 15 is 0 Å². The summed E-state index contributed by atoms with van der Waals surface area (Å²) in [6.07, 6.45) is 4.14. The highest BCUT2D eigenvalue weighted by Gasteiger charge is 2.08. The van der Waals surface area contributed by atoms with Gasteiger partial charge in [0.25, 0.3) is 0 Å². The number of benzene rings is 1. The summed E-state index contributed by atoms with van der Waals surface area (Å²) in [6.45, 7) is 0. The van der Waals surface area contributed by atoms with Crippen molar-refractivity contribution < 1.29 is 13.6 Å². The number of nitrogens with one attached hydrogen (secondary N) is 1. The lowest BCUT2D eigenvalue weighted by molar-refractivity contribution is -0.116. The molecule has 1 N–H and O–H groups in total. The van der Waals surface area contributed by atoms with Crippen molar-refractivity contribution in [3.05, 3.63) is 47.8 Å². The van der Waals surface area contributed by atoms with E-state index < -0.39 is 11.6 Å².